The van der Waals surface area contributed by atoms with Crippen molar-refractivity contribution in [2.45, 2.75) is 26.4 Å². The van der Waals surface area contributed by atoms with E-state index in [1.165, 1.54) is 6.07 Å². The number of benzene rings is 1. The third-order valence-corrected chi connectivity index (χ3v) is 2.61. The Bertz CT molecular complexity index is 630. The van der Waals surface area contributed by atoms with Crippen LogP contribution in [0.1, 0.15) is 20.3 Å². The molecular formula is C15H18O5. The maximum Gasteiger partial charge on any atom is 0.336 e. The van der Waals surface area contributed by atoms with Crippen LogP contribution in [-0.4, -0.2) is 24.4 Å². The molecule has 0 saturated heterocycles. The van der Waals surface area contributed by atoms with Gasteiger partial charge in [0.15, 0.2) is 11.5 Å². The van der Waals surface area contributed by atoms with E-state index in [4.69, 9.17) is 19.0 Å². The Morgan fingerprint density at radius 2 is 2.05 bits per heavy atom. The molecule has 0 bridgehead atoms. The fraction of sp³-hybridized carbons (Fsp3) is 0.400. The molecule has 0 unspecified atom stereocenters. The molecule has 1 aromatic heterocycles. The van der Waals surface area contributed by atoms with Crippen molar-refractivity contribution >= 4 is 11.0 Å². The number of fused-ring (bicyclic) bond motifs is 1. The van der Waals surface area contributed by atoms with E-state index in [2.05, 4.69) is 0 Å². The fourth-order valence-corrected chi connectivity index (χ4v) is 1.78. The first-order valence-electron chi connectivity index (χ1n) is 6.58. The molecule has 0 fully saturated rings. The first-order chi connectivity index (χ1) is 9.60. The number of rotatable bonds is 6. The van der Waals surface area contributed by atoms with E-state index in [0.717, 1.165) is 5.39 Å². The molecule has 5 heteroatoms. The van der Waals surface area contributed by atoms with E-state index in [-0.39, 0.29) is 12.7 Å². The van der Waals surface area contributed by atoms with Crippen molar-refractivity contribution < 1.29 is 19.0 Å². The van der Waals surface area contributed by atoms with Gasteiger partial charge in [0, 0.05) is 30.5 Å². The molecule has 2 aromatic rings. The third kappa shape index (κ3) is 3.51. The average molecular weight is 278 g/mol. The number of ether oxygens (including phenoxy) is 2. The van der Waals surface area contributed by atoms with E-state index >= 15 is 0 Å². The predicted molar refractivity (Wildman–Crippen MR) is 75.4 cm³/mol. The van der Waals surface area contributed by atoms with Gasteiger partial charge in [0.05, 0.1) is 12.7 Å². The lowest BCUT2D eigenvalue weighted by Gasteiger charge is -2.15. The van der Waals surface area contributed by atoms with Gasteiger partial charge in [-0.25, -0.2) is 4.79 Å². The largest absolute Gasteiger partial charge is 0.489 e. The number of aliphatic hydroxyl groups is 1. The van der Waals surface area contributed by atoms with E-state index < -0.39 is 5.63 Å². The highest BCUT2D eigenvalue weighted by Gasteiger charge is 2.11. The second kappa shape index (κ2) is 6.43. The lowest BCUT2D eigenvalue weighted by Crippen LogP contribution is -2.08. The Morgan fingerprint density at radius 1 is 1.25 bits per heavy atom. The molecule has 0 aliphatic heterocycles. The van der Waals surface area contributed by atoms with Gasteiger partial charge in [-0.05, 0) is 26.0 Å². The molecule has 0 saturated carbocycles. The van der Waals surface area contributed by atoms with Gasteiger partial charge in [0.2, 0.25) is 0 Å². The van der Waals surface area contributed by atoms with Crippen LogP contribution in [0.25, 0.3) is 11.0 Å². The molecule has 0 aliphatic rings. The van der Waals surface area contributed by atoms with E-state index in [0.29, 0.717) is 30.1 Å². The average Bonchev–Trinajstić information content (AvgIpc) is 2.39. The number of hydrogen-bond donors (Lipinski definition) is 1. The highest BCUT2D eigenvalue weighted by molar-refractivity contribution is 5.80. The van der Waals surface area contributed by atoms with E-state index in [1.807, 2.05) is 13.8 Å². The smallest absolute Gasteiger partial charge is 0.336 e. The van der Waals surface area contributed by atoms with Crippen LogP contribution in [-0.2, 0) is 0 Å². The lowest BCUT2D eigenvalue weighted by atomic mass is 10.2. The second-order valence-corrected chi connectivity index (χ2v) is 4.68. The summed E-state index contributed by atoms with van der Waals surface area (Å²) in [6.45, 7) is 4.27. The van der Waals surface area contributed by atoms with Gasteiger partial charge < -0.3 is 19.0 Å². The zero-order valence-corrected chi connectivity index (χ0v) is 11.6. The molecule has 1 N–H and O–H groups in total. The summed E-state index contributed by atoms with van der Waals surface area (Å²) < 4.78 is 16.4. The van der Waals surface area contributed by atoms with Crippen LogP contribution in [0, 0.1) is 0 Å². The van der Waals surface area contributed by atoms with Gasteiger partial charge in [-0.3, -0.25) is 0 Å². The van der Waals surface area contributed by atoms with E-state index in [9.17, 15) is 4.79 Å². The minimum Gasteiger partial charge on any atom is -0.489 e. The molecule has 0 atom stereocenters. The van der Waals surface area contributed by atoms with Gasteiger partial charge in [0.1, 0.15) is 5.58 Å². The third-order valence-electron chi connectivity index (χ3n) is 2.61. The van der Waals surface area contributed by atoms with Crippen LogP contribution in [0.4, 0.5) is 0 Å². The molecule has 0 spiro atoms. The minimum atomic E-state index is -0.406. The highest BCUT2D eigenvalue weighted by Crippen LogP contribution is 2.33. The summed E-state index contributed by atoms with van der Waals surface area (Å²) in [4.78, 5) is 11.2. The first-order valence-corrected chi connectivity index (χ1v) is 6.58. The van der Waals surface area contributed by atoms with Crippen molar-refractivity contribution in [2.75, 3.05) is 13.2 Å². The molecule has 0 amide bonds. The summed E-state index contributed by atoms with van der Waals surface area (Å²) in [5.41, 5.74) is 0.0453. The molecule has 1 aromatic carbocycles. The lowest BCUT2D eigenvalue weighted by molar-refractivity contribution is 0.206. The molecule has 5 nitrogen and oxygen atoms in total. The second-order valence-electron chi connectivity index (χ2n) is 4.68. The van der Waals surface area contributed by atoms with Gasteiger partial charge in [-0.2, -0.15) is 0 Å². The minimum absolute atomic E-state index is 0.00311. The molecule has 2 rings (SSSR count). The van der Waals surface area contributed by atoms with Crippen LogP contribution in [0.5, 0.6) is 11.5 Å². The predicted octanol–water partition coefficient (Wildman–Crippen LogP) is 2.34. The number of hydrogen-bond acceptors (Lipinski definition) is 5. The van der Waals surface area contributed by atoms with Crippen molar-refractivity contribution in [2.24, 2.45) is 0 Å². The summed E-state index contributed by atoms with van der Waals surface area (Å²) in [5, 5.41) is 9.57. The van der Waals surface area contributed by atoms with Crippen LogP contribution < -0.4 is 15.1 Å². The molecule has 1 heterocycles. The quantitative estimate of drug-likeness (QED) is 0.649. The van der Waals surface area contributed by atoms with E-state index in [1.54, 1.807) is 18.2 Å². The Balaban J connectivity index is 2.40. The summed E-state index contributed by atoms with van der Waals surface area (Å²) >= 11 is 0. The van der Waals surface area contributed by atoms with Gasteiger partial charge in [-0.1, -0.05) is 0 Å². The normalized spacial score (nSPS) is 11.0. The molecule has 0 radical (unpaired) electrons. The summed E-state index contributed by atoms with van der Waals surface area (Å²) in [7, 11) is 0. The van der Waals surface area contributed by atoms with Crippen molar-refractivity contribution in [1.82, 2.24) is 0 Å². The van der Waals surface area contributed by atoms with Gasteiger partial charge >= 0.3 is 5.63 Å². The summed E-state index contributed by atoms with van der Waals surface area (Å²) in [6, 6.07) is 6.48. The molecule has 0 aliphatic carbocycles. The van der Waals surface area contributed by atoms with Gasteiger partial charge in [-0.15, -0.1) is 0 Å². The van der Waals surface area contributed by atoms with Crippen molar-refractivity contribution in [3.63, 3.8) is 0 Å². The van der Waals surface area contributed by atoms with Crippen LogP contribution >= 0.6 is 0 Å². The Hall–Kier alpha value is -2.01. The Kier molecular flexibility index (Phi) is 4.63. The SMILES string of the molecule is CC(C)Oc1cc2ccc(=O)oc2cc1OCCCO. The van der Waals surface area contributed by atoms with Crippen molar-refractivity contribution in [3.8, 4) is 11.5 Å². The monoisotopic (exact) mass is 278 g/mol. The summed E-state index contributed by atoms with van der Waals surface area (Å²) in [6.07, 6.45) is 0.529. The highest BCUT2D eigenvalue weighted by atomic mass is 16.5. The standard InChI is InChI=1S/C15H18O5/c1-10(2)19-14-8-11-4-5-15(17)20-12(11)9-13(14)18-7-3-6-16/h4-5,8-10,16H,3,6-7H2,1-2H3. The first kappa shape index (κ1) is 14.4. The van der Waals surface area contributed by atoms with Gasteiger partial charge in [0.25, 0.3) is 0 Å². The van der Waals surface area contributed by atoms with Crippen LogP contribution in [0.3, 0.4) is 0 Å². The van der Waals surface area contributed by atoms with Crippen LogP contribution in [0.15, 0.2) is 33.5 Å². The van der Waals surface area contributed by atoms with Crippen molar-refractivity contribution in [1.29, 1.82) is 0 Å². The maximum absolute atomic E-state index is 11.2. The Morgan fingerprint density at radius 3 is 2.75 bits per heavy atom. The molecule has 20 heavy (non-hydrogen) atoms. The topological polar surface area (TPSA) is 68.9 Å². The molecular weight excluding hydrogens is 260 g/mol. The molecule has 108 valence electrons. The zero-order valence-electron chi connectivity index (χ0n) is 11.6. The van der Waals surface area contributed by atoms with Crippen molar-refractivity contribution in [3.05, 3.63) is 34.7 Å². The number of aliphatic hydroxyl groups excluding tert-OH is 1. The summed E-state index contributed by atoms with van der Waals surface area (Å²) in [5.74, 6) is 1.10. The fourth-order valence-electron chi connectivity index (χ4n) is 1.78. The zero-order chi connectivity index (χ0) is 14.5. The Labute approximate surface area is 116 Å². The van der Waals surface area contributed by atoms with Crippen LogP contribution in [0.2, 0.25) is 0 Å². The maximum atomic E-state index is 11.2.